The topological polar surface area (TPSA) is 87.0 Å². The summed E-state index contributed by atoms with van der Waals surface area (Å²) < 4.78 is 6.17. The third-order valence-electron chi connectivity index (χ3n) is 8.52. The second-order valence-corrected chi connectivity index (χ2v) is 16.3. The largest absolute Gasteiger partial charge is 0.507 e. The highest BCUT2D eigenvalue weighted by molar-refractivity contribution is 5.88. The Hall–Kier alpha value is -2.53. The Morgan fingerprint density at radius 3 is 1.12 bits per heavy atom. The maximum atomic E-state index is 14.6. The first-order chi connectivity index (χ1) is 18.8. The minimum Gasteiger partial charge on any atom is -0.507 e. The summed E-state index contributed by atoms with van der Waals surface area (Å²) in [6.07, 6.45) is -0.507. The number of aliphatic hydroxyl groups is 1. The molecule has 2 aromatic rings. The van der Waals surface area contributed by atoms with Gasteiger partial charge in [0, 0.05) is 0 Å². The molecule has 42 heavy (non-hydrogen) atoms. The van der Waals surface area contributed by atoms with Crippen LogP contribution in [0.5, 0.6) is 11.5 Å². The van der Waals surface area contributed by atoms with Gasteiger partial charge in [0.15, 0.2) is 0 Å². The first-order valence-electron chi connectivity index (χ1n) is 15.5. The normalized spacial score (nSPS) is 15.0. The van der Waals surface area contributed by atoms with Gasteiger partial charge >= 0.3 is 5.97 Å². The van der Waals surface area contributed by atoms with E-state index in [-0.39, 0.29) is 11.5 Å². The van der Waals surface area contributed by atoms with E-state index in [4.69, 9.17) is 4.74 Å². The van der Waals surface area contributed by atoms with Crippen molar-refractivity contribution in [1.29, 1.82) is 0 Å². The Balaban J connectivity index is 3.17. The van der Waals surface area contributed by atoms with Gasteiger partial charge in [-0.3, -0.25) is 4.79 Å². The zero-order valence-corrected chi connectivity index (χ0v) is 29.0. The van der Waals surface area contributed by atoms with Crippen LogP contribution in [0, 0.1) is 0 Å². The number of ether oxygens (including phenoxy) is 1. The van der Waals surface area contributed by atoms with Gasteiger partial charge in [-0.05, 0) is 74.8 Å². The zero-order chi connectivity index (χ0) is 32.8. The number of aromatic hydroxyl groups is 2. The van der Waals surface area contributed by atoms with Crippen molar-refractivity contribution in [1.82, 2.24) is 0 Å². The Morgan fingerprint density at radius 2 is 0.905 bits per heavy atom. The van der Waals surface area contributed by atoms with Gasteiger partial charge in [0.2, 0.25) is 0 Å². The number of benzene rings is 2. The van der Waals surface area contributed by atoms with E-state index >= 15 is 0 Å². The molecule has 0 amide bonds. The van der Waals surface area contributed by atoms with Crippen LogP contribution in [0.4, 0.5) is 0 Å². The van der Waals surface area contributed by atoms with E-state index in [1.54, 1.807) is 0 Å². The predicted octanol–water partition coefficient (Wildman–Crippen LogP) is 8.69. The van der Waals surface area contributed by atoms with Gasteiger partial charge in [-0.2, -0.15) is 0 Å². The number of carbonyl (C=O) groups is 1. The monoisotopic (exact) mass is 582 g/mol. The van der Waals surface area contributed by atoms with Crippen LogP contribution in [0.25, 0.3) is 0 Å². The molecule has 0 heterocycles. The van der Waals surface area contributed by atoms with Crippen molar-refractivity contribution < 1.29 is 24.9 Å². The van der Waals surface area contributed by atoms with Crippen molar-refractivity contribution in [2.45, 2.75) is 156 Å². The van der Waals surface area contributed by atoms with Crippen molar-refractivity contribution in [3.63, 3.8) is 0 Å². The molecule has 0 aliphatic carbocycles. The van der Waals surface area contributed by atoms with Gasteiger partial charge in [-0.15, -0.1) is 0 Å². The predicted molar refractivity (Wildman–Crippen MR) is 174 cm³/mol. The van der Waals surface area contributed by atoms with E-state index in [0.717, 1.165) is 22.3 Å². The molecule has 2 atom stereocenters. The highest BCUT2D eigenvalue weighted by atomic mass is 16.6. The second kappa shape index (κ2) is 11.9. The van der Waals surface area contributed by atoms with Crippen LogP contribution in [0.15, 0.2) is 24.3 Å². The Morgan fingerprint density at radius 1 is 0.619 bits per heavy atom. The number of hydrogen-bond acceptors (Lipinski definition) is 5. The third kappa shape index (κ3) is 7.15. The number of esters is 1. The number of phenols is 2. The lowest BCUT2D eigenvalue weighted by Crippen LogP contribution is -2.41. The molecule has 5 heteroatoms. The zero-order valence-electron chi connectivity index (χ0n) is 29.0. The first-order valence-corrected chi connectivity index (χ1v) is 15.5. The van der Waals surface area contributed by atoms with Crippen LogP contribution >= 0.6 is 0 Å². The summed E-state index contributed by atoms with van der Waals surface area (Å²) in [6.45, 7) is 30.2. The lowest BCUT2D eigenvalue weighted by Gasteiger charge is -2.37. The first kappa shape index (κ1) is 35.7. The van der Waals surface area contributed by atoms with Crippen molar-refractivity contribution >= 4 is 5.97 Å². The Labute approximate surface area is 255 Å². The van der Waals surface area contributed by atoms with Crippen molar-refractivity contribution in [2.75, 3.05) is 0 Å². The molecule has 2 rings (SSSR count). The highest BCUT2D eigenvalue weighted by Gasteiger charge is 2.44. The number of phenolic OH excluding ortho intramolecular Hbond substituents is 2. The molecule has 0 aliphatic rings. The fraction of sp³-hybridized carbons (Fsp3) is 0.649. The van der Waals surface area contributed by atoms with Crippen LogP contribution in [0.1, 0.15) is 150 Å². The molecule has 0 radical (unpaired) electrons. The minimum absolute atomic E-state index is 0.235. The Kier molecular flexibility index (Phi) is 10.1. The van der Waals surface area contributed by atoms with Crippen LogP contribution < -0.4 is 0 Å². The SMILES string of the molecule is CCC(O)C(CC)OC(=O)C(C)(c1cc(C(C)(C)C)c(O)c(C(C)(C)C)c1)c1cc(C(C)(C)C)c(O)c(C(C)(C)C)c1. The summed E-state index contributed by atoms with van der Waals surface area (Å²) in [5.41, 5.74) is 1.45. The van der Waals surface area contributed by atoms with E-state index in [1.165, 1.54) is 0 Å². The average molecular weight is 583 g/mol. The standard InChI is InChI=1S/C37H58O5/c1-16-28(38)29(17-2)42-32(41)37(15,22-18-24(33(3,4)5)30(39)25(19-22)34(6,7)8)23-20-26(35(9,10)11)31(40)27(21-23)36(12,13)14/h18-21,28-29,38-40H,16-17H2,1-15H3. The summed E-state index contributed by atoms with van der Waals surface area (Å²) in [7, 11) is 0. The molecular formula is C37H58O5. The summed E-state index contributed by atoms with van der Waals surface area (Å²) in [5.74, 6) is -0.00443. The van der Waals surface area contributed by atoms with Crippen LogP contribution in [0.3, 0.4) is 0 Å². The highest BCUT2D eigenvalue weighted by Crippen LogP contribution is 2.47. The van der Waals surface area contributed by atoms with Crippen LogP contribution in [0.2, 0.25) is 0 Å². The smallest absolute Gasteiger partial charge is 0.321 e. The van der Waals surface area contributed by atoms with E-state index in [2.05, 4.69) is 83.1 Å². The molecule has 2 aromatic carbocycles. The molecule has 2 unspecified atom stereocenters. The van der Waals surface area contributed by atoms with Crippen molar-refractivity contribution in [2.24, 2.45) is 0 Å². The van der Waals surface area contributed by atoms with Gasteiger partial charge < -0.3 is 20.1 Å². The average Bonchev–Trinajstić information content (AvgIpc) is 2.83. The molecule has 0 saturated carbocycles. The Bertz CT molecular complexity index is 1120. The van der Waals surface area contributed by atoms with Gasteiger partial charge in [0.25, 0.3) is 0 Å². The van der Waals surface area contributed by atoms with Crippen LogP contribution in [-0.4, -0.2) is 33.5 Å². The fourth-order valence-corrected chi connectivity index (χ4v) is 5.49. The number of carbonyl (C=O) groups excluding carboxylic acids is 1. The quantitative estimate of drug-likeness (QED) is 0.284. The van der Waals surface area contributed by atoms with Gasteiger partial charge in [-0.1, -0.05) is 121 Å². The molecular weight excluding hydrogens is 524 g/mol. The van der Waals surface area contributed by atoms with Crippen molar-refractivity contribution in [3.8, 4) is 11.5 Å². The molecule has 0 bridgehead atoms. The summed E-state index contributed by atoms with van der Waals surface area (Å²) in [6, 6.07) is 7.74. The third-order valence-corrected chi connectivity index (χ3v) is 8.52. The summed E-state index contributed by atoms with van der Waals surface area (Å²) in [4.78, 5) is 14.6. The molecule has 0 aliphatic heterocycles. The summed E-state index contributed by atoms with van der Waals surface area (Å²) >= 11 is 0. The van der Waals surface area contributed by atoms with E-state index in [0.29, 0.717) is 24.0 Å². The lowest BCUT2D eigenvalue weighted by atomic mass is 9.68. The second-order valence-electron chi connectivity index (χ2n) is 16.3. The van der Waals surface area contributed by atoms with E-state index in [1.807, 2.05) is 45.0 Å². The van der Waals surface area contributed by atoms with Gasteiger partial charge in [0.1, 0.15) is 23.0 Å². The molecule has 236 valence electrons. The maximum absolute atomic E-state index is 14.6. The molecule has 5 nitrogen and oxygen atoms in total. The maximum Gasteiger partial charge on any atom is 0.321 e. The number of rotatable bonds is 7. The van der Waals surface area contributed by atoms with E-state index in [9.17, 15) is 20.1 Å². The number of aliphatic hydroxyl groups excluding tert-OH is 1. The number of hydrogen-bond donors (Lipinski definition) is 3. The molecule has 0 spiro atoms. The lowest BCUT2D eigenvalue weighted by molar-refractivity contribution is -0.160. The van der Waals surface area contributed by atoms with Gasteiger partial charge in [-0.25, -0.2) is 0 Å². The van der Waals surface area contributed by atoms with Crippen LogP contribution in [-0.2, 0) is 36.6 Å². The minimum atomic E-state index is -1.32. The van der Waals surface area contributed by atoms with Gasteiger partial charge in [0.05, 0.1) is 6.10 Å². The van der Waals surface area contributed by atoms with Crippen molar-refractivity contribution in [3.05, 3.63) is 57.6 Å². The molecule has 0 saturated heterocycles. The fourth-order valence-electron chi connectivity index (χ4n) is 5.49. The molecule has 0 aromatic heterocycles. The molecule has 0 fully saturated rings. The summed E-state index contributed by atoms with van der Waals surface area (Å²) in [5, 5.41) is 33.7. The molecule has 3 N–H and O–H groups in total. The van der Waals surface area contributed by atoms with E-state index < -0.39 is 45.3 Å².